The molecule has 1 aromatic carbocycles. The van der Waals surface area contributed by atoms with Gasteiger partial charge >= 0.3 is 0 Å². The molecule has 0 fully saturated rings. The standard InChI is InChI=1S/C14H9ClF2N4/c1-6-7(2)21-14-13(20-6)12(18-5-19-14)8-3-9(16)11(15)10(17)4-8/h3-5H,1-2H3. The lowest BCUT2D eigenvalue weighted by atomic mass is 10.1. The lowest BCUT2D eigenvalue weighted by Crippen LogP contribution is -1.99. The molecular formula is C14H9ClF2N4. The summed E-state index contributed by atoms with van der Waals surface area (Å²) in [5, 5.41) is -0.546. The van der Waals surface area contributed by atoms with E-state index in [1.54, 1.807) is 6.92 Å². The van der Waals surface area contributed by atoms with E-state index in [2.05, 4.69) is 19.9 Å². The summed E-state index contributed by atoms with van der Waals surface area (Å²) in [6.07, 6.45) is 1.28. The van der Waals surface area contributed by atoms with Gasteiger partial charge in [0, 0.05) is 5.56 Å². The highest BCUT2D eigenvalue weighted by atomic mass is 35.5. The molecule has 0 bridgehead atoms. The van der Waals surface area contributed by atoms with Crippen LogP contribution in [0.2, 0.25) is 5.02 Å². The fraction of sp³-hybridized carbons (Fsp3) is 0.143. The average Bonchev–Trinajstić information content (AvgIpc) is 2.45. The molecule has 3 aromatic rings. The normalized spacial score (nSPS) is 11.1. The molecule has 106 valence electrons. The van der Waals surface area contributed by atoms with Gasteiger partial charge in [-0.15, -0.1) is 0 Å². The Morgan fingerprint density at radius 2 is 1.57 bits per heavy atom. The monoisotopic (exact) mass is 306 g/mol. The molecule has 0 saturated heterocycles. The molecule has 7 heteroatoms. The van der Waals surface area contributed by atoms with Gasteiger partial charge in [-0.25, -0.2) is 28.7 Å². The van der Waals surface area contributed by atoms with E-state index in [9.17, 15) is 8.78 Å². The number of hydrogen-bond acceptors (Lipinski definition) is 4. The molecule has 0 N–H and O–H groups in total. The summed E-state index contributed by atoms with van der Waals surface area (Å²) in [4.78, 5) is 16.8. The third-order valence-electron chi connectivity index (χ3n) is 3.14. The zero-order valence-corrected chi connectivity index (χ0v) is 11.9. The van der Waals surface area contributed by atoms with E-state index in [-0.39, 0.29) is 5.56 Å². The number of benzene rings is 1. The van der Waals surface area contributed by atoms with Crippen LogP contribution in [0.3, 0.4) is 0 Å². The molecule has 0 amide bonds. The van der Waals surface area contributed by atoms with Crippen molar-refractivity contribution in [2.75, 3.05) is 0 Å². The second kappa shape index (κ2) is 4.96. The van der Waals surface area contributed by atoms with Crippen LogP contribution in [0.4, 0.5) is 8.78 Å². The Morgan fingerprint density at radius 3 is 2.24 bits per heavy atom. The van der Waals surface area contributed by atoms with Gasteiger partial charge in [0.15, 0.2) is 5.65 Å². The third kappa shape index (κ3) is 2.31. The van der Waals surface area contributed by atoms with Crippen LogP contribution in [-0.4, -0.2) is 19.9 Å². The van der Waals surface area contributed by atoms with Crippen molar-refractivity contribution in [1.29, 1.82) is 0 Å². The Balaban J connectivity index is 2.33. The SMILES string of the molecule is Cc1nc2ncnc(-c3cc(F)c(Cl)c(F)c3)c2nc1C. The van der Waals surface area contributed by atoms with Gasteiger partial charge in [-0.2, -0.15) is 0 Å². The van der Waals surface area contributed by atoms with E-state index in [4.69, 9.17) is 11.6 Å². The van der Waals surface area contributed by atoms with E-state index in [0.717, 1.165) is 17.8 Å². The van der Waals surface area contributed by atoms with Crippen molar-refractivity contribution < 1.29 is 8.78 Å². The minimum absolute atomic E-state index is 0.236. The molecule has 2 aromatic heterocycles. The minimum Gasteiger partial charge on any atom is -0.246 e. The minimum atomic E-state index is -0.852. The van der Waals surface area contributed by atoms with Crippen LogP contribution in [0.5, 0.6) is 0 Å². The van der Waals surface area contributed by atoms with Crippen molar-refractivity contribution in [2.45, 2.75) is 13.8 Å². The first-order chi connectivity index (χ1) is 9.97. The Bertz CT molecular complexity index is 844. The van der Waals surface area contributed by atoms with Gasteiger partial charge < -0.3 is 0 Å². The van der Waals surface area contributed by atoms with E-state index < -0.39 is 16.7 Å². The largest absolute Gasteiger partial charge is 0.246 e. The highest BCUT2D eigenvalue weighted by Crippen LogP contribution is 2.29. The van der Waals surface area contributed by atoms with E-state index in [1.165, 1.54) is 6.33 Å². The molecular weight excluding hydrogens is 298 g/mol. The molecule has 0 atom stereocenters. The van der Waals surface area contributed by atoms with Gasteiger partial charge in [-0.3, -0.25) is 0 Å². The second-order valence-corrected chi connectivity index (χ2v) is 4.92. The van der Waals surface area contributed by atoms with Crippen LogP contribution in [0.1, 0.15) is 11.4 Å². The summed E-state index contributed by atoms with van der Waals surface area (Å²) in [7, 11) is 0. The van der Waals surface area contributed by atoms with E-state index >= 15 is 0 Å². The number of hydrogen-bond donors (Lipinski definition) is 0. The summed E-state index contributed by atoms with van der Waals surface area (Å²) in [5.41, 5.74) is 2.75. The Morgan fingerprint density at radius 1 is 0.952 bits per heavy atom. The van der Waals surface area contributed by atoms with Crippen LogP contribution >= 0.6 is 11.6 Å². The van der Waals surface area contributed by atoms with Crippen LogP contribution < -0.4 is 0 Å². The van der Waals surface area contributed by atoms with Gasteiger partial charge in [0.1, 0.15) is 34.2 Å². The molecule has 2 heterocycles. The first-order valence-corrected chi connectivity index (χ1v) is 6.46. The zero-order valence-electron chi connectivity index (χ0n) is 11.2. The van der Waals surface area contributed by atoms with Crippen molar-refractivity contribution in [1.82, 2.24) is 19.9 Å². The van der Waals surface area contributed by atoms with Crippen molar-refractivity contribution >= 4 is 22.8 Å². The lowest BCUT2D eigenvalue weighted by molar-refractivity contribution is 0.585. The number of halogens is 3. The van der Waals surface area contributed by atoms with E-state index in [1.807, 2.05) is 6.92 Å². The predicted molar refractivity (Wildman–Crippen MR) is 75.0 cm³/mol. The highest BCUT2D eigenvalue weighted by molar-refractivity contribution is 6.31. The first-order valence-electron chi connectivity index (χ1n) is 6.08. The molecule has 4 nitrogen and oxygen atoms in total. The molecule has 0 unspecified atom stereocenters. The Kier molecular flexibility index (Phi) is 3.25. The van der Waals surface area contributed by atoms with E-state index in [0.29, 0.717) is 22.6 Å². The topological polar surface area (TPSA) is 51.6 Å². The summed E-state index contributed by atoms with van der Waals surface area (Å²) in [6, 6.07) is 2.23. The number of aromatic nitrogens is 4. The summed E-state index contributed by atoms with van der Waals surface area (Å²) >= 11 is 5.49. The van der Waals surface area contributed by atoms with Gasteiger partial charge in [0.2, 0.25) is 0 Å². The lowest BCUT2D eigenvalue weighted by Gasteiger charge is -2.07. The molecule has 0 aliphatic heterocycles. The molecule has 0 saturated carbocycles. The van der Waals surface area contributed by atoms with Crippen molar-refractivity contribution in [3.8, 4) is 11.3 Å². The number of aryl methyl sites for hydroxylation is 2. The van der Waals surface area contributed by atoms with Crippen LogP contribution in [0.25, 0.3) is 22.4 Å². The molecule has 0 radical (unpaired) electrons. The zero-order chi connectivity index (χ0) is 15.1. The maximum atomic E-state index is 13.6. The molecule has 0 aliphatic rings. The molecule has 3 rings (SSSR count). The van der Waals surface area contributed by atoms with Crippen molar-refractivity contribution in [3.63, 3.8) is 0 Å². The van der Waals surface area contributed by atoms with Crippen LogP contribution in [0.15, 0.2) is 18.5 Å². The second-order valence-electron chi connectivity index (χ2n) is 4.54. The maximum Gasteiger partial charge on any atom is 0.182 e. The Labute approximate surface area is 123 Å². The molecule has 0 aliphatic carbocycles. The van der Waals surface area contributed by atoms with Crippen LogP contribution in [0, 0.1) is 25.5 Å². The smallest absolute Gasteiger partial charge is 0.182 e. The summed E-state index contributed by atoms with van der Waals surface area (Å²) in [6.45, 7) is 3.60. The summed E-state index contributed by atoms with van der Waals surface area (Å²) in [5.74, 6) is -1.70. The van der Waals surface area contributed by atoms with Gasteiger partial charge in [-0.05, 0) is 26.0 Å². The highest BCUT2D eigenvalue weighted by Gasteiger charge is 2.15. The maximum absolute atomic E-state index is 13.6. The Hall–Kier alpha value is -2.21. The van der Waals surface area contributed by atoms with Crippen molar-refractivity contribution in [2.24, 2.45) is 0 Å². The average molecular weight is 307 g/mol. The number of nitrogens with zero attached hydrogens (tertiary/aromatic N) is 4. The van der Waals surface area contributed by atoms with Gasteiger partial charge in [-0.1, -0.05) is 11.6 Å². The number of fused-ring (bicyclic) bond motifs is 1. The first kappa shape index (κ1) is 13.8. The van der Waals surface area contributed by atoms with Crippen molar-refractivity contribution in [3.05, 3.63) is 46.5 Å². The van der Waals surface area contributed by atoms with Gasteiger partial charge in [0.25, 0.3) is 0 Å². The molecule has 0 spiro atoms. The van der Waals surface area contributed by atoms with Crippen LogP contribution in [-0.2, 0) is 0 Å². The fourth-order valence-corrected chi connectivity index (χ4v) is 2.06. The predicted octanol–water partition coefficient (Wildman–Crippen LogP) is 3.64. The molecule has 21 heavy (non-hydrogen) atoms. The van der Waals surface area contributed by atoms with Gasteiger partial charge in [0.05, 0.1) is 11.4 Å². The summed E-state index contributed by atoms with van der Waals surface area (Å²) < 4.78 is 27.2. The third-order valence-corrected chi connectivity index (χ3v) is 3.50. The number of rotatable bonds is 1. The quantitative estimate of drug-likeness (QED) is 0.644. The fourth-order valence-electron chi connectivity index (χ4n) is 1.95.